The van der Waals surface area contributed by atoms with Crippen molar-refractivity contribution < 1.29 is 14.7 Å². The molecule has 1 aromatic carbocycles. The minimum Gasteiger partial charge on any atom is -0.396 e. The first-order valence-corrected chi connectivity index (χ1v) is 6.37. The third-order valence-corrected chi connectivity index (χ3v) is 2.56. The van der Waals surface area contributed by atoms with Crippen LogP contribution in [-0.2, 0) is 4.79 Å². The van der Waals surface area contributed by atoms with E-state index >= 15 is 0 Å². The van der Waals surface area contributed by atoms with E-state index in [1.807, 2.05) is 6.07 Å². The van der Waals surface area contributed by atoms with Crippen LogP contribution in [0, 0.1) is 0 Å². The predicted octanol–water partition coefficient (Wildman–Crippen LogP) is 0.694. The lowest BCUT2D eigenvalue weighted by Crippen LogP contribution is -2.37. The van der Waals surface area contributed by atoms with Crippen LogP contribution in [0.5, 0.6) is 0 Å². The van der Waals surface area contributed by atoms with Crippen molar-refractivity contribution in [1.29, 1.82) is 0 Å². The molecule has 0 aromatic heterocycles. The third-order valence-electron chi connectivity index (χ3n) is 2.56. The van der Waals surface area contributed by atoms with Crippen LogP contribution >= 0.6 is 0 Å². The summed E-state index contributed by atoms with van der Waals surface area (Å²) >= 11 is 0. The van der Waals surface area contributed by atoms with Crippen LogP contribution in [0.2, 0.25) is 0 Å². The molecule has 0 aliphatic rings. The van der Waals surface area contributed by atoms with Crippen molar-refractivity contribution in [3.8, 4) is 0 Å². The number of nitrogens with one attached hydrogen (secondary N) is 2. The Balaban J connectivity index is 2.33. The second-order valence-electron chi connectivity index (χ2n) is 4.37. The van der Waals surface area contributed by atoms with Crippen LogP contribution in [0.25, 0.3) is 0 Å². The molecule has 19 heavy (non-hydrogen) atoms. The van der Waals surface area contributed by atoms with E-state index in [1.165, 1.54) is 0 Å². The normalized spacial score (nSPS) is 11.7. The molecule has 0 spiro atoms. The van der Waals surface area contributed by atoms with Crippen molar-refractivity contribution in [2.24, 2.45) is 0 Å². The standard InChI is InChI=1S/C14H20N2O3/c1-11(10-13(18)15-8-5-9-17)16-14(19)12-6-3-2-4-7-12/h2-4,6-7,11,17H,5,8-10H2,1H3,(H,15,18)(H,16,19). The molecule has 1 unspecified atom stereocenters. The Bertz CT molecular complexity index is 406. The van der Waals surface area contributed by atoms with E-state index in [9.17, 15) is 9.59 Å². The van der Waals surface area contributed by atoms with Gasteiger partial charge in [-0.3, -0.25) is 9.59 Å². The van der Waals surface area contributed by atoms with E-state index < -0.39 is 0 Å². The fourth-order valence-corrected chi connectivity index (χ4v) is 1.60. The van der Waals surface area contributed by atoms with E-state index in [0.29, 0.717) is 18.5 Å². The number of rotatable bonds is 7. The molecular weight excluding hydrogens is 244 g/mol. The molecule has 0 fully saturated rings. The summed E-state index contributed by atoms with van der Waals surface area (Å²) in [4.78, 5) is 23.3. The van der Waals surface area contributed by atoms with Gasteiger partial charge in [0, 0.05) is 31.2 Å². The molecule has 1 aromatic rings. The van der Waals surface area contributed by atoms with Crippen molar-refractivity contribution in [1.82, 2.24) is 10.6 Å². The number of carbonyl (C=O) groups is 2. The number of aliphatic hydroxyl groups excluding tert-OH is 1. The SMILES string of the molecule is CC(CC(=O)NCCCO)NC(=O)c1ccccc1. The Morgan fingerprint density at radius 1 is 1.26 bits per heavy atom. The number of amides is 2. The van der Waals surface area contributed by atoms with Crippen molar-refractivity contribution >= 4 is 11.8 Å². The molecule has 5 heteroatoms. The first-order valence-electron chi connectivity index (χ1n) is 6.37. The summed E-state index contributed by atoms with van der Waals surface area (Å²) in [7, 11) is 0. The zero-order chi connectivity index (χ0) is 14.1. The first-order chi connectivity index (χ1) is 9.13. The Labute approximate surface area is 113 Å². The van der Waals surface area contributed by atoms with Crippen molar-refractivity contribution in [2.75, 3.05) is 13.2 Å². The quantitative estimate of drug-likeness (QED) is 0.634. The van der Waals surface area contributed by atoms with Gasteiger partial charge in [0.2, 0.25) is 5.91 Å². The van der Waals surface area contributed by atoms with Crippen molar-refractivity contribution in [3.63, 3.8) is 0 Å². The second-order valence-corrected chi connectivity index (χ2v) is 4.37. The predicted molar refractivity (Wildman–Crippen MR) is 72.7 cm³/mol. The fraction of sp³-hybridized carbons (Fsp3) is 0.429. The molecule has 2 amide bonds. The number of carbonyl (C=O) groups excluding carboxylic acids is 2. The van der Waals surface area contributed by atoms with E-state index in [4.69, 9.17) is 5.11 Å². The number of hydrogen-bond donors (Lipinski definition) is 3. The van der Waals surface area contributed by atoms with Gasteiger partial charge in [-0.05, 0) is 25.5 Å². The maximum absolute atomic E-state index is 11.8. The summed E-state index contributed by atoms with van der Waals surface area (Å²) in [5.41, 5.74) is 0.579. The highest BCUT2D eigenvalue weighted by molar-refractivity contribution is 5.94. The van der Waals surface area contributed by atoms with Gasteiger partial charge in [-0.1, -0.05) is 18.2 Å². The lowest BCUT2D eigenvalue weighted by Gasteiger charge is -2.13. The van der Waals surface area contributed by atoms with Crippen molar-refractivity contribution in [2.45, 2.75) is 25.8 Å². The maximum atomic E-state index is 11.8. The Morgan fingerprint density at radius 2 is 1.95 bits per heavy atom. The highest BCUT2D eigenvalue weighted by atomic mass is 16.3. The van der Waals surface area contributed by atoms with E-state index in [1.54, 1.807) is 31.2 Å². The largest absolute Gasteiger partial charge is 0.396 e. The summed E-state index contributed by atoms with van der Waals surface area (Å²) in [6.45, 7) is 2.29. The summed E-state index contributed by atoms with van der Waals surface area (Å²) in [6.07, 6.45) is 0.764. The van der Waals surface area contributed by atoms with Crippen LogP contribution in [0.15, 0.2) is 30.3 Å². The minimum absolute atomic E-state index is 0.0561. The number of benzene rings is 1. The van der Waals surface area contributed by atoms with Gasteiger partial charge in [0.1, 0.15) is 0 Å². The molecule has 1 atom stereocenters. The Morgan fingerprint density at radius 3 is 2.58 bits per heavy atom. The van der Waals surface area contributed by atoms with Gasteiger partial charge in [0.05, 0.1) is 0 Å². The Kier molecular flexibility index (Phi) is 6.60. The minimum atomic E-state index is -0.234. The monoisotopic (exact) mass is 264 g/mol. The van der Waals surface area contributed by atoms with Gasteiger partial charge in [-0.15, -0.1) is 0 Å². The average Bonchev–Trinajstić information content (AvgIpc) is 2.39. The molecule has 1 rings (SSSR count). The smallest absolute Gasteiger partial charge is 0.251 e. The fourth-order valence-electron chi connectivity index (χ4n) is 1.60. The molecular formula is C14H20N2O3. The van der Waals surface area contributed by atoms with Crippen LogP contribution in [0.4, 0.5) is 0 Å². The lowest BCUT2D eigenvalue weighted by molar-refractivity contribution is -0.121. The molecule has 0 aliphatic heterocycles. The second kappa shape index (κ2) is 8.26. The van der Waals surface area contributed by atoms with Gasteiger partial charge in [-0.25, -0.2) is 0 Å². The summed E-state index contributed by atoms with van der Waals surface area (Å²) in [5, 5.41) is 14.0. The zero-order valence-corrected chi connectivity index (χ0v) is 11.1. The lowest BCUT2D eigenvalue weighted by atomic mass is 10.1. The molecule has 0 saturated heterocycles. The first kappa shape index (κ1) is 15.2. The highest BCUT2D eigenvalue weighted by Crippen LogP contribution is 2.00. The summed E-state index contributed by atoms with van der Waals surface area (Å²) in [6, 6.07) is 8.64. The van der Waals surface area contributed by atoms with E-state index in [0.717, 1.165) is 0 Å². The third kappa shape index (κ3) is 6.01. The van der Waals surface area contributed by atoms with Gasteiger partial charge in [-0.2, -0.15) is 0 Å². The molecule has 0 radical (unpaired) electrons. The van der Waals surface area contributed by atoms with Crippen LogP contribution in [0.3, 0.4) is 0 Å². The number of hydrogen-bond acceptors (Lipinski definition) is 3. The number of aliphatic hydroxyl groups is 1. The van der Waals surface area contributed by atoms with Crippen LogP contribution < -0.4 is 10.6 Å². The summed E-state index contributed by atoms with van der Waals surface area (Å²) < 4.78 is 0. The van der Waals surface area contributed by atoms with Crippen LogP contribution in [0.1, 0.15) is 30.1 Å². The van der Waals surface area contributed by atoms with Gasteiger partial charge >= 0.3 is 0 Å². The molecule has 104 valence electrons. The average molecular weight is 264 g/mol. The highest BCUT2D eigenvalue weighted by Gasteiger charge is 2.12. The molecule has 0 saturated carbocycles. The molecule has 5 nitrogen and oxygen atoms in total. The Hall–Kier alpha value is -1.88. The van der Waals surface area contributed by atoms with E-state index in [2.05, 4.69) is 10.6 Å². The molecule has 0 bridgehead atoms. The van der Waals surface area contributed by atoms with Gasteiger partial charge in [0.15, 0.2) is 0 Å². The molecule has 3 N–H and O–H groups in total. The van der Waals surface area contributed by atoms with Crippen LogP contribution in [-0.4, -0.2) is 36.1 Å². The van der Waals surface area contributed by atoms with Gasteiger partial charge in [0.25, 0.3) is 5.91 Å². The topological polar surface area (TPSA) is 78.4 Å². The molecule has 0 heterocycles. The summed E-state index contributed by atoms with van der Waals surface area (Å²) in [5.74, 6) is -0.314. The maximum Gasteiger partial charge on any atom is 0.251 e. The zero-order valence-electron chi connectivity index (χ0n) is 11.1. The molecule has 0 aliphatic carbocycles. The van der Waals surface area contributed by atoms with Crippen molar-refractivity contribution in [3.05, 3.63) is 35.9 Å². The van der Waals surface area contributed by atoms with E-state index in [-0.39, 0.29) is 30.9 Å². The van der Waals surface area contributed by atoms with Gasteiger partial charge < -0.3 is 15.7 Å².